The lowest BCUT2D eigenvalue weighted by atomic mass is 9.75. The number of hydrogen-bond acceptors (Lipinski definition) is 7. The van der Waals surface area contributed by atoms with Crippen LogP contribution in [0.3, 0.4) is 0 Å². The molecule has 6 rings (SSSR count). The molecule has 5 heterocycles. The number of piperidine rings is 1. The molecule has 1 unspecified atom stereocenters. The van der Waals surface area contributed by atoms with Gasteiger partial charge in [-0.1, -0.05) is 6.92 Å². The van der Waals surface area contributed by atoms with Crippen LogP contribution in [0.5, 0.6) is 0 Å². The summed E-state index contributed by atoms with van der Waals surface area (Å²) < 4.78 is 78.6. The van der Waals surface area contributed by atoms with E-state index in [1.165, 1.54) is 17.9 Å². The number of halogens is 5. The Balaban J connectivity index is 1.34. The average Bonchev–Trinajstić information content (AvgIpc) is 3.49. The minimum atomic E-state index is -4.72. The van der Waals surface area contributed by atoms with E-state index in [9.17, 15) is 26.7 Å². The van der Waals surface area contributed by atoms with Crippen molar-refractivity contribution in [3.05, 3.63) is 64.2 Å². The van der Waals surface area contributed by atoms with E-state index in [0.717, 1.165) is 17.5 Å². The van der Waals surface area contributed by atoms with E-state index in [1.54, 1.807) is 17.3 Å². The molecule has 2 saturated heterocycles. The molecule has 44 heavy (non-hydrogen) atoms. The highest BCUT2D eigenvalue weighted by molar-refractivity contribution is 6.10. The fraction of sp³-hybridized carbons (Fsp3) is 0.533. The second kappa shape index (κ2) is 11.1. The van der Waals surface area contributed by atoms with Gasteiger partial charge in [-0.3, -0.25) is 14.6 Å². The van der Waals surface area contributed by atoms with Crippen LogP contribution < -0.4 is 10.2 Å². The van der Waals surface area contributed by atoms with Crippen LogP contribution in [-0.4, -0.2) is 69.3 Å². The Morgan fingerprint density at radius 1 is 1.16 bits per heavy atom. The third-order valence-corrected chi connectivity index (χ3v) is 8.94. The lowest BCUT2D eigenvalue weighted by molar-refractivity contribution is -0.138. The summed E-state index contributed by atoms with van der Waals surface area (Å²) in [4.78, 5) is 21.4. The van der Waals surface area contributed by atoms with Gasteiger partial charge < -0.3 is 14.6 Å². The Kier molecular flexibility index (Phi) is 7.63. The number of fused-ring (bicyclic) bond motifs is 1. The highest BCUT2D eigenvalue weighted by Gasteiger charge is 2.45. The molecular weight excluding hydrogens is 585 g/mol. The first-order chi connectivity index (χ1) is 20.8. The maximum Gasteiger partial charge on any atom is 0.416 e. The lowest BCUT2D eigenvalue weighted by Gasteiger charge is -2.42. The van der Waals surface area contributed by atoms with E-state index in [2.05, 4.69) is 20.5 Å². The third-order valence-electron chi connectivity index (χ3n) is 8.94. The second-order valence-corrected chi connectivity index (χ2v) is 12.1. The molecule has 3 aliphatic heterocycles. The molecule has 2 fully saturated rings. The van der Waals surface area contributed by atoms with Crippen molar-refractivity contribution in [1.29, 1.82) is 0 Å². The van der Waals surface area contributed by atoms with Crippen molar-refractivity contribution >= 4 is 17.5 Å². The maximum atomic E-state index is 14.4. The number of hydrogen-bond donors (Lipinski definition) is 1. The van der Waals surface area contributed by atoms with Gasteiger partial charge in [-0.15, -0.1) is 10.2 Å². The quantitative estimate of drug-likeness (QED) is 0.362. The van der Waals surface area contributed by atoms with Crippen LogP contribution in [0.25, 0.3) is 0 Å². The van der Waals surface area contributed by atoms with E-state index >= 15 is 0 Å². The Morgan fingerprint density at radius 2 is 1.93 bits per heavy atom. The summed E-state index contributed by atoms with van der Waals surface area (Å²) in [7, 11) is 1.85. The number of nitrogens with zero attached hydrogens (tertiary/aromatic N) is 6. The normalized spacial score (nSPS) is 21.3. The first-order valence-corrected chi connectivity index (χ1v) is 14.6. The summed E-state index contributed by atoms with van der Waals surface area (Å²) >= 11 is 0. The standard InChI is InChI=1S/C30H34F5N7O2/c1-4-36-24-9-20(28(15-44-16-28)11-26-39-37-17-40(26)3)10-25(38-24)42-14-22-21(27(42)43)7-19(8-23(22)30(33,34)35)13-41-6-5-29(31,32)18(2)12-41/h7-10,17-18H,4-6,11-16H2,1-3H3,(H,36,38). The summed E-state index contributed by atoms with van der Waals surface area (Å²) in [5, 5.41) is 11.4. The van der Waals surface area contributed by atoms with Crippen LogP contribution in [-0.2, 0) is 42.9 Å². The van der Waals surface area contributed by atoms with Crippen molar-refractivity contribution < 1.29 is 31.5 Å². The molecule has 3 aromatic rings. The topological polar surface area (TPSA) is 88.4 Å². The average molecular weight is 620 g/mol. The molecule has 1 atom stereocenters. The fourth-order valence-electron chi connectivity index (χ4n) is 6.29. The molecule has 14 heteroatoms. The number of ether oxygens (including phenoxy) is 1. The molecule has 236 valence electrons. The van der Waals surface area contributed by atoms with Gasteiger partial charge in [-0.25, -0.2) is 13.8 Å². The molecule has 0 saturated carbocycles. The van der Waals surface area contributed by atoms with Crippen LogP contribution in [0, 0.1) is 5.92 Å². The molecule has 3 aliphatic rings. The highest BCUT2D eigenvalue weighted by Crippen LogP contribution is 2.42. The number of carbonyl (C=O) groups excluding carboxylic acids is 1. The molecule has 0 bridgehead atoms. The first-order valence-electron chi connectivity index (χ1n) is 14.6. The van der Waals surface area contributed by atoms with Gasteiger partial charge in [0.2, 0.25) is 0 Å². The predicted molar refractivity (Wildman–Crippen MR) is 152 cm³/mol. The van der Waals surface area contributed by atoms with Crippen LogP contribution in [0.15, 0.2) is 30.6 Å². The molecule has 1 N–H and O–H groups in total. The lowest BCUT2D eigenvalue weighted by Crippen LogP contribution is -2.49. The molecule has 9 nitrogen and oxygen atoms in total. The van der Waals surface area contributed by atoms with Gasteiger partial charge in [-0.05, 0) is 47.9 Å². The summed E-state index contributed by atoms with van der Waals surface area (Å²) in [6.45, 7) is 4.50. The Morgan fingerprint density at radius 3 is 2.55 bits per heavy atom. The van der Waals surface area contributed by atoms with Crippen molar-refractivity contribution in [2.75, 3.05) is 43.1 Å². The zero-order valence-electron chi connectivity index (χ0n) is 24.7. The van der Waals surface area contributed by atoms with Gasteiger partial charge in [-0.2, -0.15) is 13.2 Å². The van der Waals surface area contributed by atoms with Crippen molar-refractivity contribution in [1.82, 2.24) is 24.6 Å². The summed E-state index contributed by atoms with van der Waals surface area (Å²) in [6.07, 6.45) is -2.96. The number of nitrogens with one attached hydrogen (secondary N) is 1. The second-order valence-electron chi connectivity index (χ2n) is 12.1. The first kappa shape index (κ1) is 30.4. The van der Waals surface area contributed by atoms with Crippen LogP contribution in [0.2, 0.25) is 0 Å². The molecule has 0 aliphatic carbocycles. The van der Waals surface area contributed by atoms with Gasteiger partial charge >= 0.3 is 6.18 Å². The van der Waals surface area contributed by atoms with Crippen molar-refractivity contribution in [3.8, 4) is 0 Å². The number of aromatic nitrogens is 4. The molecule has 2 aromatic heterocycles. The number of likely N-dealkylation sites (tertiary alicyclic amines) is 1. The minimum Gasteiger partial charge on any atom is -0.379 e. The molecule has 1 amide bonds. The van der Waals surface area contributed by atoms with Crippen LogP contribution in [0.1, 0.15) is 58.7 Å². The molecular formula is C30H34F5N7O2. The number of alkyl halides is 5. The smallest absolute Gasteiger partial charge is 0.379 e. The number of amides is 1. The fourth-order valence-corrected chi connectivity index (χ4v) is 6.29. The zero-order valence-corrected chi connectivity index (χ0v) is 24.7. The van der Waals surface area contributed by atoms with Gasteiger partial charge in [0.25, 0.3) is 11.8 Å². The predicted octanol–water partition coefficient (Wildman–Crippen LogP) is 4.81. The number of benzene rings is 1. The van der Waals surface area contributed by atoms with Crippen molar-refractivity contribution in [3.63, 3.8) is 0 Å². The van der Waals surface area contributed by atoms with Crippen LogP contribution in [0.4, 0.5) is 33.6 Å². The SMILES string of the molecule is CCNc1cc(C2(Cc3nncn3C)COC2)cc(N2Cc3c(cc(CN4CCC(F)(F)C(C)C4)cc3C(F)(F)F)C2=O)n1. The van der Waals surface area contributed by atoms with E-state index in [0.29, 0.717) is 32.0 Å². The summed E-state index contributed by atoms with van der Waals surface area (Å²) in [5.41, 5.74) is -0.473. The minimum absolute atomic E-state index is 0.0347. The van der Waals surface area contributed by atoms with E-state index in [-0.39, 0.29) is 55.1 Å². The zero-order chi connectivity index (χ0) is 31.4. The van der Waals surface area contributed by atoms with Gasteiger partial charge in [0.1, 0.15) is 23.8 Å². The third kappa shape index (κ3) is 5.53. The van der Waals surface area contributed by atoms with E-state index in [1.807, 2.05) is 24.6 Å². The number of carbonyl (C=O) groups is 1. The van der Waals surface area contributed by atoms with Crippen molar-refractivity contribution in [2.45, 2.75) is 57.3 Å². The Bertz CT molecular complexity index is 1570. The van der Waals surface area contributed by atoms with E-state index < -0.39 is 34.9 Å². The van der Waals surface area contributed by atoms with Gasteiger partial charge in [0.15, 0.2) is 0 Å². The van der Waals surface area contributed by atoms with E-state index in [4.69, 9.17) is 4.74 Å². The van der Waals surface area contributed by atoms with Crippen LogP contribution >= 0.6 is 0 Å². The summed E-state index contributed by atoms with van der Waals surface area (Å²) in [6, 6.07) is 6.13. The largest absolute Gasteiger partial charge is 0.416 e. The van der Waals surface area contributed by atoms with Gasteiger partial charge in [0.05, 0.1) is 25.3 Å². The molecule has 0 radical (unpaired) electrons. The number of anilines is 2. The molecule has 0 spiro atoms. The van der Waals surface area contributed by atoms with Crippen molar-refractivity contribution in [2.24, 2.45) is 13.0 Å². The summed E-state index contributed by atoms with van der Waals surface area (Å²) in [5.74, 6) is -2.87. The Hall–Kier alpha value is -3.65. The monoisotopic (exact) mass is 619 g/mol. The maximum absolute atomic E-state index is 14.4. The molecule has 1 aromatic carbocycles. The van der Waals surface area contributed by atoms with Gasteiger partial charge in [0, 0.05) is 63.0 Å². The number of aryl methyl sites for hydroxylation is 1. The highest BCUT2D eigenvalue weighted by atomic mass is 19.4. The number of pyridine rings is 1. The Labute approximate surface area is 251 Å². The number of rotatable bonds is 8.